The van der Waals surface area contributed by atoms with Crippen LogP contribution in [0.5, 0.6) is 0 Å². The van der Waals surface area contributed by atoms with E-state index in [1.54, 1.807) is 20.8 Å². The lowest BCUT2D eigenvalue weighted by Crippen LogP contribution is -2.40. The number of ether oxygens (including phenoxy) is 1. The molecule has 0 radical (unpaired) electrons. The van der Waals surface area contributed by atoms with E-state index in [0.29, 0.717) is 32.2 Å². The molecule has 0 saturated carbocycles. The Labute approximate surface area is 135 Å². The molecule has 0 bridgehead atoms. The normalized spacial score (nSPS) is 18.8. The lowest BCUT2D eigenvalue weighted by molar-refractivity contribution is -0.712. The van der Waals surface area contributed by atoms with Crippen molar-refractivity contribution in [3.05, 3.63) is 5.21 Å². The smallest absolute Gasteiger partial charge is 0.332 e. The van der Waals surface area contributed by atoms with Gasteiger partial charge in [0.25, 0.3) is 0 Å². The van der Waals surface area contributed by atoms with Crippen LogP contribution in [-0.4, -0.2) is 51.8 Å². The number of unbranched alkanes of at least 4 members (excludes halogenated alkanes) is 1. The van der Waals surface area contributed by atoms with E-state index in [-0.39, 0.29) is 24.0 Å². The highest BCUT2D eigenvalue weighted by molar-refractivity contribution is 5.73. The number of nitrogens with zero attached hydrogens (tertiary/aromatic N) is 3. The van der Waals surface area contributed by atoms with Gasteiger partial charge in [-0.2, -0.15) is 0 Å². The fourth-order valence-electron chi connectivity index (χ4n) is 2.17. The van der Waals surface area contributed by atoms with Crippen molar-refractivity contribution in [1.82, 2.24) is 5.01 Å². The highest BCUT2D eigenvalue weighted by Crippen LogP contribution is 2.17. The number of esters is 1. The summed E-state index contributed by atoms with van der Waals surface area (Å²) in [4.78, 5) is 27.5. The quantitative estimate of drug-likeness (QED) is 0.237. The average molecular weight is 331 g/mol. The van der Waals surface area contributed by atoms with Gasteiger partial charge in [0.05, 0.1) is 11.5 Å². The molecule has 0 aromatic heterocycles. The summed E-state index contributed by atoms with van der Waals surface area (Å²) in [6.45, 7) is 5.93. The number of carbonyl (C=O) groups is 2. The standard InChI is InChI=1S/C14H25N3O6/c1-14(2,3)23-12(18)8-4-5-10-22-15-17(21)16-9-6-7-11(16)13(19)20/h11H,4-10H2,1-3H3,(H,19,20)/b17-15-/t11-/m0/s1. The van der Waals surface area contributed by atoms with Crippen LogP contribution >= 0.6 is 0 Å². The minimum Gasteiger partial charge on any atom is -0.569 e. The molecule has 1 aliphatic rings. The third kappa shape index (κ3) is 7.16. The molecule has 0 spiro atoms. The largest absolute Gasteiger partial charge is 0.569 e. The highest BCUT2D eigenvalue weighted by atomic mass is 16.7. The Kier molecular flexibility index (Phi) is 7.05. The zero-order chi connectivity index (χ0) is 17.5. The molecule has 1 heterocycles. The third-order valence-electron chi connectivity index (χ3n) is 3.14. The maximum atomic E-state index is 11.7. The predicted octanol–water partition coefficient (Wildman–Crippen LogP) is 1.86. The maximum Gasteiger partial charge on any atom is 0.332 e. The van der Waals surface area contributed by atoms with Crippen LogP contribution in [-0.2, 0) is 19.2 Å². The number of rotatable bonds is 8. The number of carbonyl (C=O) groups excluding carboxylic acids is 1. The lowest BCUT2D eigenvalue weighted by atomic mass is 10.2. The second-order valence-corrected chi connectivity index (χ2v) is 6.37. The van der Waals surface area contributed by atoms with E-state index >= 15 is 0 Å². The maximum absolute atomic E-state index is 11.7. The van der Waals surface area contributed by atoms with Gasteiger partial charge < -0.3 is 19.9 Å². The van der Waals surface area contributed by atoms with Gasteiger partial charge in [-0.1, -0.05) is 0 Å². The summed E-state index contributed by atoms with van der Waals surface area (Å²) in [5.74, 6) is -1.32. The predicted molar refractivity (Wildman–Crippen MR) is 79.1 cm³/mol. The Hall–Kier alpha value is -2.06. The second kappa shape index (κ2) is 8.54. The van der Waals surface area contributed by atoms with Gasteiger partial charge >= 0.3 is 11.9 Å². The van der Waals surface area contributed by atoms with Gasteiger partial charge in [0.2, 0.25) is 5.28 Å². The molecule has 9 nitrogen and oxygen atoms in total. The zero-order valence-electron chi connectivity index (χ0n) is 13.9. The fraction of sp³-hybridized carbons (Fsp3) is 0.857. The first-order valence-corrected chi connectivity index (χ1v) is 7.72. The average Bonchev–Trinajstić information content (AvgIpc) is 2.89. The molecule has 1 N–H and O–H groups in total. The number of hydrogen-bond acceptors (Lipinski definition) is 6. The summed E-state index contributed by atoms with van der Waals surface area (Å²) in [6, 6.07) is -0.855. The Morgan fingerprint density at radius 1 is 1.39 bits per heavy atom. The monoisotopic (exact) mass is 331 g/mol. The lowest BCUT2D eigenvalue weighted by Gasteiger charge is -2.19. The molecule has 0 aliphatic carbocycles. The SMILES string of the molecule is CC(C)(C)OC(=O)CCCCO/N=[N+](\[O-])N1CCC[C@H]1C(=O)O. The number of hydrogen-bond donors (Lipinski definition) is 1. The second-order valence-electron chi connectivity index (χ2n) is 6.37. The minimum atomic E-state index is -1.05. The molecule has 1 saturated heterocycles. The van der Waals surface area contributed by atoms with Crippen molar-refractivity contribution in [2.45, 2.75) is 64.5 Å². The van der Waals surface area contributed by atoms with Crippen molar-refractivity contribution in [3.63, 3.8) is 0 Å². The number of hydrazine groups is 1. The molecule has 23 heavy (non-hydrogen) atoms. The molecule has 132 valence electrons. The molecular formula is C14H25N3O6. The summed E-state index contributed by atoms with van der Waals surface area (Å²) >= 11 is 0. The van der Waals surface area contributed by atoms with Crippen molar-refractivity contribution < 1.29 is 29.2 Å². The first-order valence-electron chi connectivity index (χ1n) is 7.72. The van der Waals surface area contributed by atoms with Crippen molar-refractivity contribution >= 4 is 11.9 Å². The Morgan fingerprint density at radius 2 is 2.09 bits per heavy atom. The van der Waals surface area contributed by atoms with Crippen LogP contribution in [0.15, 0.2) is 5.28 Å². The van der Waals surface area contributed by atoms with Crippen LogP contribution in [0.1, 0.15) is 52.9 Å². The Morgan fingerprint density at radius 3 is 2.70 bits per heavy atom. The number of aliphatic carboxylic acids is 1. The molecular weight excluding hydrogens is 306 g/mol. The van der Waals surface area contributed by atoms with Crippen LogP contribution in [0.2, 0.25) is 0 Å². The van der Waals surface area contributed by atoms with Gasteiger partial charge in [-0.05, 0) is 46.5 Å². The van der Waals surface area contributed by atoms with Gasteiger partial charge in [-0.3, -0.25) is 4.79 Å². The zero-order valence-corrected chi connectivity index (χ0v) is 13.9. The van der Waals surface area contributed by atoms with Crippen LogP contribution in [0.25, 0.3) is 0 Å². The van der Waals surface area contributed by atoms with Gasteiger partial charge in [0, 0.05) is 6.42 Å². The Balaban J connectivity index is 2.21. The topological polar surface area (TPSA) is 114 Å². The summed E-state index contributed by atoms with van der Waals surface area (Å²) < 4.78 is 5.16. The molecule has 0 aromatic rings. The summed E-state index contributed by atoms with van der Waals surface area (Å²) in [5.41, 5.74) is -0.498. The van der Waals surface area contributed by atoms with Crippen LogP contribution in [0, 0.1) is 5.21 Å². The molecule has 9 heteroatoms. The molecule has 0 aromatic carbocycles. The molecule has 1 atom stereocenters. The molecule has 1 aliphatic heterocycles. The summed E-state index contributed by atoms with van der Waals surface area (Å²) in [6.07, 6.45) is 2.42. The fourth-order valence-corrected chi connectivity index (χ4v) is 2.17. The molecule has 0 unspecified atom stereocenters. The molecule has 0 amide bonds. The third-order valence-corrected chi connectivity index (χ3v) is 3.14. The number of carboxylic acid groups (broad SMARTS) is 1. The van der Waals surface area contributed by atoms with Crippen molar-refractivity contribution in [2.24, 2.45) is 5.28 Å². The van der Waals surface area contributed by atoms with E-state index in [4.69, 9.17) is 14.7 Å². The van der Waals surface area contributed by atoms with E-state index < -0.39 is 17.6 Å². The van der Waals surface area contributed by atoms with E-state index in [1.807, 2.05) is 0 Å². The van der Waals surface area contributed by atoms with Gasteiger partial charge in [0.15, 0.2) is 6.04 Å². The summed E-state index contributed by atoms with van der Waals surface area (Å²) in [7, 11) is 0. The van der Waals surface area contributed by atoms with Crippen LogP contribution in [0.3, 0.4) is 0 Å². The van der Waals surface area contributed by atoms with E-state index in [0.717, 1.165) is 5.01 Å². The Bertz CT molecular complexity index is 446. The van der Waals surface area contributed by atoms with Crippen molar-refractivity contribution in [2.75, 3.05) is 13.2 Å². The minimum absolute atomic E-state index is 0.174. The van der Waals surface area contributed by atoms with Gasteiger partial charge in [-0.15, -0.1) is 5.01 Å². The highest BCUT2D eigenvalue weighted by Gasteiger charge is 2.36. The van der Waals surface area contributed by atoms with Crippen LogP contribution in [0.4, 0.5) is 0 Å². The number of carboxylic acids is 1. The van der Waals surface area contributed by atoms with E-state index in [2.05, 4.69) is 5.28 Å². The van der Waals surface area contributed by atoms with Crippen molar-refractivity contribution in [1.29, 1.82) is 0 Å². The first kappa shape index (κ1) is 19.0. The van der Waals surface area contributed by atoms with E-state index in [9.17, 15) is 14.8 Å². The van der Waals surface area contributed by atoms with E-state index in [1.165, 1.54) is 0 Å². The summed E-state index contributed by atoms with van der Waals surface area (Å²) in [5, 5.41) is 25.1. The van der Waals surface area contributed by atoms with Gasteiger partial charge in [-0.25, -0.2) is 4.79 Å². The molecule has 1 rings (SSSR count). The first-order chi connectivity index (χ1) is 10.7. The molecule has 1 fully saturated rings. The van der Waals surface area contributed by atoms with Crippen LogP contribution < -0.4 is 0 Å². The van der Waals surface area contributed by atoms with Gasteiger partial charge in [0.1, 0.15) is 12.2 Å². The van der Waals surface area contributed by atoms with Crippen molar-refractivity contribution in [3.8, 4) is 0 Å².